The molecule has 0 fully saturated rings. The van der Waals surface area contributed by atoms with Crippen LogP contribution in [0.5, 0.6) is 0 Å². The molecule has 0 amide bonds. The van der Waals surface area contributed by atoms with E-state index in [4.69, 9.17) is 4.74 Å². The third kappa shape index (κ3) is 5.41. The van der Waals surface area contributed by atoms with Gasteiger partial charge in [0.1, 0.15) is 0 Å². The molecule has 3 nitrogen and oxygen atoms in total. The fraction of sp³-hybridized carbons (Fsp3) is 0.636. The SMILES string of the molecule is COCCN(C)CCNCc1sccc1Br. The van der Waals surface area contributed by atoms with Gasteiger partial charge in [-0.3, -0.25) is 0 Å². The second-order valence-electron chi connectivity index (χ2n) is 3.66. The van der Waals surface area contributed by atoms with Crippen LogP contribution in [-0.2, 0) is 11.3 Å². The number of thiophene rings is 1. The van der Waals surface area contributed by atoms with Gasteiger partial charge in [0.25, 0.3) is 0 Å². The molecule has 0 aliphatic rings. The average Bonchev–Trinajstić information content (AvgIpc) is 2.67. The van der Waals surface area contributed by atoms with Crippen LogP contribution in [-0.4, -0.2) is 45.3 Å². The number of halogens is 1. The van der Waals surface area contributed by atoms with Crippen molar-refractivity contribution in [3.63, 3.8) is 0 Å². The van der Waals surface area contributed by atoms with Crippen LogP contribution in [0.2, 0.25) is 0 Å². The fourth-order valence-electron chi connectivity index (χ4n) is 1.28. The maximum Gasteiger partial charge on any atom is 0.0589 e. The molecule has 92 valence electrons. The van der Waals surface area contributed by atoms with Crippen LogP contribution < -0.4 is 5.32 Å². The van der Waals surface area contributed by atoms with E-state index in [2.05, 4.69) is 44.6 Å². The van der Waals surface area contributed by atoms with Crippen LogP contribution in [0.4, 0.5) is 0 Å². The minimum absolute atomic E-state index is 0.799. The van der Waals surface area contributed by atoms with E-state index in [1.165, 1.54) is 9.35 Å². The lowest BCUT2D eigenvalue weighted by Gasteiger charge is -2.15. The monoisotopic (exact) mass is 306 g/mol. The Kier molecular flexibility index (Phi) is 7.23. The van der Waals surface area contributed by atoms with Crippen LogP contribution in [0.3, 0.4) is 0 Å². The van der Waals surface area contributed by atoms with Gasteiger partial charge in [0, 0.05) is 42.6 Å². The summed E-state index contributed by atoms with van der Waals surface area (Å²) < 4.78 is 6.23. The normalized spacial score (nSPS) is 11.2. The molecule has 0 aliphatic carbocycles. The third-order valence-corrected chi connectivity index (χ3v) is 4.25. The van der Waals surface area contributed by atoms with E-state index in [9.17, 15) is 0 Å². The van der Waals surface area contributed by atoms with E-state index in [1.807, 2.05) is 0 Å². The second-order valence-corrected chi connectivity index (χ2v) is 5.52. The smallest absolute Gasteiger partial charge is 0.0589 e. The maximum atomic E-state index is 5.03. The van der Waals surface area contributed by atoms with Crippen molar-refractivity contribution in [2.75, 3.05) is 40.4 Å². The van der Waals surface area contributed by atoms with Gasteiger partial charge in [0.05, 0.1) is 6.61 Å². The van der Waals surface area contributed by atoms with Gasteiger partial charge in [-0.2, -0.15) is 0 Å². The van der Waals surface area contributed by atoms with Gasteiger partial charge >= 0.3 is 0 Å². The van der Waals surface area contributed by atoms with E-state index < -0.39 is 0 Å². The number of nitrogens with zero attached hydrogens (tertiary/aromatic N) is 1. The molecule has 5 heteroatoms. The summed E-state index contributed by atoms with van der Waals surface area (Å²) in [7, 11) is 3.85. The molecule has 0 saturated carbocycles. The molecule has 0 aliphatic heterocycles. The molecule has 0 aromatic carbocycles. The summed E-state index contributed by atoms with van der Waals surface area (Å²) in [5.41, 5.74) is 0. The van der Waals surface area contributed by atoms with Crippen molar-refractivity contribution in [3.05, 3.63) is 20.8 Å². The molecule has 1 aromatic rings. The minimum atomic E-state index is 0.799. The molecule has 0 bridgehead atoms. The van der Waals surface area contributed by atoms with Crippen LogP contribution in [0, 0.1) is 0 Å². The summed E-state index contributed by atoms with van der Waals surface area (Å²) in [4.78, 5) is 3.62. The number of ether oxygens (including phenoxy) is 1. The second kappa shape index (κ2) is 8.20. The molecule has 0 saturated heterocycles. The van der Waals surface area contributed by atoms with Gasteiger partial charge in [-0.25, -0.2) is 0 Å². The van der Waals surface area contributed by atoms with Crippen molar-refractivity contribution in [1.29, 1.82) is 0 Å². The summed E-state index contributed by atoms with van der Waals surface area (Å²) in [6.45, 7) is 4.78. The van der Waals surface area contributed by atoms with E-state index in [0.717, 1.165) is 32.8 Å². The van der Waals surface area contributed by atoms with Gasteiger partial charge in [0.15, 0.2) is 0 Å². The third-order valence-electron chi connectivity index (χ3n) is 2.32. The molecule has 1 N–H and O–H groups in total. The number of nitrogens with one attached hydrogen (secondary N) is 1. The largest absolute Gasteiger partial charge is 0.383 e. The standard InChI is InChI=1S/C11H19BrN2OS/c1-14(6-7-15-2)5-4-13-9-11-10(12)3-8-16-11/h3,8,13H,4-7,9H2,1-2H3. The van der Waals surface area contributed by atoms with Gasteiger partial charge < -0.3 is 15.0 Å². The van der Waals surface area contributed by atoms with E-state index in [-0.39, 0.29) is 0 Å². The van der Waals surface area contributed by atoms with Crippen molar-refractivity contribution < 1.29 is 4.74 Å². The lowest BCUT2D eigenvalue weighted by Crippen LogP contribution is -2.31. The van der Waals surface area contributed by atoms with Gasteiger partial charge in [-0.05, 0) is 34.4 Å². The average molecular weight is 307 g/mol. The number of methoxy groups -OCH3 is 1. The molecular weight excluding hydrogens is 288 g/mol. The molecule has 1 aromatic heterocycles. The Morgan fingerprint density at radius 1 is 1.50 bits per heavy atom. The Balaban J connectivity index is 2.06. The fourth-order valence-corrected chi connectivity index (χ4v) is 2.74. The zero-order valence-corrected chi connectivity index (χ0v) is 12.2. The highest BCUT2D eigenvalue weighted by Crippen LogP contribution is 2.21. The van der Waals surface area contributed by atoms with Gasteiger partial charge in [-0.15, -0.1) is 11.3 Å². The highest BCUT2D eigenvalue weighted by molar-refractivity contribution is 9.10. The molecule has 0 spiro atoms. The summed E-state index contributed by atoms with van der Waals surface area (Å²) >= 11 is 5.30. The van der Waals surface area contributed by atoms with Crippen LogP contribution in [0.15, 0.2) is 15.9 Å². The van der Waals surface area contributed by atoms with Crippen molar-refractivity contribution in [2.24, 2.45) is 0 Å². The lowest BCUT2D eigenvalue weighted by molar-refractivity contribution is 0.161. The first kappa shape index (κ1) is 14.1. The van der Waals surface area contributed by atoms with E-state index in [1.54, 1.807) is 18.4 Å². The zero-order valence-electron chi connectivity index (χ0n) is 9.83. The Labute approximate surface area is 110 Å². The molecule has 1 heterocycles. The lowest BCUT2D eigenvalue weighted by atomic mass is 10.4. The van der Waals surface area contributed by atoms with Crippen molar-refractivity contribution in [3.8, 4) is 0 Å². The van der Waals surface area contributed by atoms with Crippen molar-refractivity contribution in [1.82, 2.24) is 10.2 Å². The maximum absolute atomic E-state index is 5.03. The summed E-state index contributed by atoms with van der Waals surface area (Å²) in [5.74, 6) is 0. The molecule has 0 unspecified atom stereocenters. The molecule has 1 rings (SSSR count). The van der Waals surface area contributed by atoms with Crippen molar-refractivity contribution >= 4 is 27.3 Å². The summed E-state index contributed by atoms with van der Waals surface area (Å²) in [6, 6.07) is 2.09. The Hall–Kier alpha value is 0.0600. The van der Waals surface area contributed by atoms with Crippen molar-refractivity contribution in [2.45, 2.75) is 6.54 Å². The number of hydrogen-bond donors (Lipinski definition) is 1. The summed E-state index contributed by atoms with van der Waals surface area (Å²) in [6.07, 6.45) is 0. The molecule has 0 radical (unpaired) electrons. The topological polar surface area (TPSA) is 24.5 Å². The van der Waals surface area contributed by atoms with Gasteiger partial charge in [0.2, 0.25) is 0 Å². The van der Waals surface area contributed by atoms with Crippen LogP contribution >= 0.6 is 27.3 Å². The van der Waals surface area contributed by atoms with E-state index >= 15 is 0 Å². The number of likely N-dealkylation sites (N-methyl/N-ethyl adjacent to an activating group) is 1. The first-order valence-electron chi connectivity index (χ1n) is 5.34. The molecular formula is C11H19BrN2OS. The first-order valence-corrected chi connectivity index (χ1v) is 7.01. The number of rotatable bonds is 8. The molecule has 0 atom stereocenters. The first-order chi connectivity index (χ1) is 7.74. The van der Waals surface area contributed by atoms with Crippen LogP contribution in [0.25, 0.3) is 0 Å². The predicted molar refractivity (Wildman–Crippen MR) is 73.1 cm³/mol. The molecule has 16 heavy (non-hydrogen) atoms. The minimum Gasteiger partial charge on any atom is -0.383 e. The highest BCUT2D eigenvalue weighted by Gasteiger charge is 2.01. The zero-order chi connectivity index (χ0) is 11.8. The number of hydrogen-bond acceptors (Lipinski definition) is 4. The Bertz CT molecular complexity index is 293. The summed E-state index contributed by atoms with van der Waals surface area (Å²) in [5, 5.41) is 5.54. The van der Waals surface area contributed by atoms with E-state index in [0.29, 0.717) is 0 Å². The van der Waals surface area contributed by atoms with Crippen LogP contribution in [0.1, 0.15) is 4.88 Å². The Morgan fingerprint density at radius 2 is 2.31 bits per heavy atom. The highest BCUT2D eigenvalue weighted by atomic mass is 79.9. The predicted octanol–water partition coefficient (Wildman–Crippen LogP) is 2.18. The van der Waals surface area contributed by atoms with Gasteiger partial charge in [-0.1, -0.05) is 0 Å². The Morgan fingerprint density at radius 3 is 2.94 bits per heavy atom. The quantitative estimate of drug-likeness (QED) is 0.745.